The summed E-state index contributed by atoms with van der Waals surface area (Å²) in [4.78, 5) is 24.1. The summed E-state index contributed by atoms with van der Waals surface area (Å²) in [6.45, 7) is 3.84. The van der Waals surface area contributed by atoms with Gasteiger partial charge in [-0.2, -0.15) is 0 Å². The number of aryl methyl sites for hydroxylation is 1. The standard InChI is InChI=1S/C16H24N4O5S/c1-13-5-6-14(11-15(13)20(22)23)26(24,25)18-8-7-17-16(21)12-19-9-3-2-4-10-19/h5-6,11,18H,2-4,7-10,12H2,1H3,(H,17,21). The number of piperidine rings is 1. The highest BCUT2D eigenvalue weighted by molar-refractivity contribution is 7.89. The molecule has 0 spiro atoms. The zero-order chi connectivity index (χ0) is 19.2. The maximum atomic E-state index is 12.2. The van der Waals surface area contributed by atoms with Gasteiger partial charge in [-0.15, -0.1) is 0 Å². The van der Waals surface area contributed by atoms with Crippen LogP contribution < -0.4 is 10.0 Å². The molecule has 0 aromatic heterocycles. The Hall–Kier alpha value is -2.04. The molecule has 0 aliphatic carbocycles. The van der Waals surface area contributed by atoms with Crippen LogP contribution in [0.25, 0.3) is 0 Å². The molecule has 0 bridgehead atoms. The third kappa shape index (κ3) is 5.75. The first kappa shape index (κ1) is 20.3. The highest BCUT2D eigenvalue weighted by atomic mass is 32.2. The molecule has 9 nitrogen and oxygen atoms in total. The molecular weight excluding hydrogens is 360 g/mol. The second-order valence-electron chi connectivity index (χ2n) is 6.29. The van der Waals surface area contributed by atoms with Crippen LogP contribution in [0.2, 0.25) is 0 Å². The molecule has 1 aromatic rings. The summed E-state index contributed by atoms with van der Waals surface area (Å²) < 4.78 is 26.8. The number of likely N-dealkylation sites (tertiary alicyclic amines) is 1. The quantitative estimate of drug-likeness (QED) is 0.388. The summed E-state index contributed by atoms with van der Waals surface area (Å²) in [5.74, 6) is -0.142. The number of nitrogens with zero attached hydrogens (tertiary/aromatic N) is 2. The van der Waals surface area contributed by atoms with Crippen molar-refractivity contribution in [2.75, 3.05) is 32.7 Å². The van der Waals surface area contributed by atoms with Crippen molar-refractivity contribution in [3.8, 4) is 0 Å². The number of hydrogen-bond donors (Lipinski definition) is 2. The molecule has 2 N–H and O–H groups in total. The molecule has 1 aliphatic heterocycles. The first-order valence-electron chi connectivity index (χ1n) is 8.53. The second-order valence-corrected chi connectivity index (χ2v) is 8.06. The molecule has 1 aromatic carbocycles. The number of benzene rings is 1. The summed E-state index contributed by atoms with van der Waals surface area (Å²) in [6.07, 6.45) is 3.38. The van der Waals surface area contributed by atoms with Gasteiger partial charge in [-0.25, -0.2) is 13.1 Å². The molecule has 10 heteroatoms. The first-order chi connectivity index (χ1) is 12.3. The van der Waals surface area contributed by atoms with Crippen molar-refractivity contribution in [3.63, 3.8) is 0 Å². The Balaban J connectivity index is 1.81. The summed E-state index contributed by atoms with van der Waals surface area (Å²) in [5, 5.41) is 13.6. The van der Waals surface area contributed by atoms with Crippen LogP contribution in [-0.2, 0) is 14.8 Å². The molecule has 144 valence electrons. The van der Waals surface area contributed by atoms with E-state index in [1.54, 1.807) is 6.92 Å². The van der Waals surface area contributed by atoms with Gasteiger partial charge < -0.3 is 5.32 Å². The van der Waals surface area contributed by atoms with E-state index in [0.29, 0.717) is 12.1 Å². The third-order valence-corrected chi connectivity index (χ3v) is 5.70. The molecule has 0 radical (unpaired) electrons. The first-order valence-corrected chi connectivity index (χ1v) is 10.0. The third-order valence-electron chi connectivity index (χ3n) is 4.24. The van der Waals surface area contributed by atoms with Gasteiger partial charge in [-0.3, -0.25) is 19.8 Å². The van der Waals surface area contributed by atoms with Gasteiger partial charge in [-0.1, -0.05) is 12.5 Å². The average molecular weight is 384 g/mol. The number of carbonyl (C=O) groups is 1. The van der Waals surface area contributed by atoms with Crippen LogP contribution in [0.1, 0.15) is 24.8 Å². The van der Waals surface area contributed by atoms with Crippen LogP contribution in [0.3, 0.4) is 0 Å². The van der Waals surface area contributed by atoms with E-state index in [9.17, 15) is 23.3 Å². The van der Waals surface area contributed by atoms with Gasteiger partial charge in [0.15, 0.2) is 0 Å². The van der Waals surface area contributed by atoms with E-state index in [1.165, 1.54) is 18.6 Å². The van der Waals surface area contributed by atoms with E-state index in [2.05, 4.69) is 14.9 Å². The molecule has 1 heterocycles. The highest BCUT2D eigenvalue weighted by Gasteiger charge is 2.19. The van der Waals surface area contributed by atoms with Crippen LogP contribution in [0, 0.1) is 17.0 Å². The second kappa shape index (κ2) is 9.06. The summed E-state index contributed by atoms with van der Waals surface area (Å²) in [6, 6.07) is 3.75. The molecule has 1 fully saturated rings. The van der Waals surface area contributed by atoms with Gasteiger partial charge in [0, 0.05) is 24.7 Å². The van der Waals surface area contributed by atoms with Gasteiger partial charge >= 0.3 is 0 Å². The number of nitro groups is 1. The molecule has 1 amide bonds. The molecule has 0 atom stereocenters. The topological polar surface area (TPSA) is 122 Å². The fourth-order valence-electron chi connectivity index (χ4n) is 2.80. The Morgan fingerprint density at radius 3 is 2.58 bits per heavy atom. The maximum absolute atomic E-state index is 12.2. The van der Waals surface area contributed by atoms with Gasteiger partial charge in [0.05, 0.1) is 16.4 Å². The van der Waals surface area contributed by atoms with E-state index in [0.717, 1.165) is 32.0 Å². The summed E-state index contributed by atoms with van der Waals surface area (Å²) in [7, 11) is -3.87. The van der Waals surface area contributed by atoms with E-state index >= 15 is 0 Å². The van der Waals surface area contributed by atoms with Crippen molar-refractivity contribution < 1.29 is 18.1 Å². The molecule has 2 rings (SSSR count). The van der Waals surface area contributed by atoms with Crippen LogP contribution in [0.5, 0.6) is 0 Å². The number of rotatable bonds is 8. The van der Waals surface area contributed by atoms with Crippen LogP contribution >= 0.6 is 0 Å². The minimum atomic E-state index is -3.87. The Labute approximate surface area is 153 Å². The zero-order valence-corrected chi connectivity index (χ0v) is 15.5. The monoisotopic (exact) mass is 384 g/mol. The van der Waals surface area contributed by atoms with E-state index in [1.807, 2.05) is 0 Å². The summed E-state index contributed by atoms with van der Waals surface area (Å²) in [5.41, 5.74) is 0.140. The van der Waals surface area contributed by atoms with Crippen molar-refractivity contribution in [3.05, 3.63) is 33.9 Å². The van der Waals surface area contributed by atoms with Crippen molar-refractivity contribution in [1.82, 2.24) is 14.9 Å². The SMILES string of the molecule is Cc1ccc(S(=O)(=O)NCCNC(=O)CN2CCCCC2)cc1[N+](=O)[O-]. The lowest BCUT2D eigenvalue weighted by Gasteiger charge is -2.25. The largest absolute Gasteiger partial charge is 0.354 e. The van der Waals surface area contributed by atoms with Crippen molar-refractivity contribution in [2.24, 2.45) is 0 Å². The Bertz CT molecular complexity index is 760. The molecule has 26 heavy (non-hydrogen) atoms. The lowest BCUT2D eigenvalue weighted by atomic mass is 10.1. The lowest BCUT2D eigenvalue weighted by molar-refractivity contribution is -0.385. The predicted octanol–water partition coefficient (Wildman–Crippen LogP) is 0.784. The number of sulfonamides is 1. The van der Waals surface area contributed by atoms with Gasteiger partial charge in [0.1, 0.15) is 0 Å². The van der Waals surface area contributed by atoms with Gasteiger partial charge in [-0.05, 0) is 38.9 Å². The van der Waals surface area contributed by atoms with Crippen LogP contribution in [0.4, 0.5) is 5.69 Å². The Morgan fingerprint density at radius 2 is 1.92 bits per heavy atom. The predicted molar refractivity (Wildman–Crippen MR) is 96.3 cm³/mol. The lowest BCUT2D eigenvalue weighted by Crippen LogP contribution is -2.42. The smallest absolute Gasteiger partial charge is 0.273 e. The Kier molecular flexibility index (Phi) is 7.06. The fourth-order valence-corrected chi connectivity index (χ4v) is 3.85. The summed E-state index contributed by atoms with van der Waals surface area (Å²) >= 11 is 0. The molecular formula is C16H24N4O5S. The number of hydrogen-bond acceptors (Lipinski definition) is 6. The number of nitro benzene ring substituents is 1. The van der Waals surface area contributed by atoms with Crippen molar-refractivity contribution >= 4 is 21.6 Å². The maximum Gasteiger partial charge on any atom is 0.273 e. The normalized spacial score (nSPS) is 15.6. The van der Waals surface area contributed by atoms with Crippen LogP contribution in [0.15, 0.2) is 23.1 Å². The average Bonchev–Trinajstić information content (AvgIpc) is 2.59. The molecule has 0 unspecified atom stereocenters. The molecule has 1 aliphatic rings. The minimum Gasteiger partial charge on any atom is -0.354 e. The zero-order valence-electron chi connectivity index (χ0n) is 14.7. The van der Waals surface area contributed by atoms with Gasteiger partial charge in [0.25, 0.3) is 5.69 Å². The highest BCUT2D eigenvalue weighted by Crippen LogP contribution is 2.21. The van der Waals surface area contributed by atoms with E-state index in [4.69, 9.17) is 0 Å². The van der Waals surface area contributed by atoms with Crippen LogP contribution in [-0.4, -0.2) is 56.9 Å². The molecule has 0 saturated carbocycles. The molecule has 1 saturated heterocycles. The fraction of sp³-hybridized carbons (Fsp3) is 0.562. The van der Waals surface area contributed by atoms with Crippen molar-refractivity contribution in [1.29, 1.82) is 0 Å². The Morgan fingerprint density at radius 1 is 1.23 bits per heavy atom. The van der Waals surface area contributed by atoms with Gasteiger partial charge in [0.2, 0.25) is 15.9 Å². The number of amides is 1. The minimum absolute atomic E-state index is 0.00967. The number of nitrogens with one attached hydrogen (secondary N) is 2. The van der Waals surface area contributed by atoms with E-state index in [-0.39, 0.29) is 29.6 Å². The van der Waals surface area contributed by atoms with E-state index < -0.39 is 14.9 Å². The number of carbonyl (C=O) groups excluding carboxylic acids is 1. The van der Waals surface area contributed by atoms with Crippen molar-refractivity contribution in [2.45, 2.75) is 31.1 Å².